The van der Waals surface area contributed by atoms with Crippen molar-refractivity contribution in [1.29, 1.82) is 0 Å². The van der Waals surface area contributed by atoms with E-state index in [4.69, 9.17) is 52.1 Å². The number of hydrogen-bond acceptors (Lipinski definition) is 15. The third-order valence-electron chi connectivity index (χ3n) is 6.35. The van der Waals surface area contributed by atoms with E-state index in [9.17, 15) is 19.2 Å². The molecule has 0 aromatic carbocycles. The second kappa shape index (κ2) is 34.0. The number of imide groups is 1. The molecular weight excluding hydrogens is 652 g/mol. The number of nitrogens with zero attached hydrogens (tertiary/aromatic N) is 2. The molecule has 0 aromatic rings. The van der Waals surface area contributed by atoms with E-state index in [0.717, 1.165) is 17.1 Å². The molecule has 0 saturated heterocycles. The molecule has 0 aliphatic carbocycles. The van der Waals surface area contributed by atoms with Crippen LogP contribution in [-0.2, 0) is 71.3 Å². The van der Waals surface area contributed by atoms with Crippen LogP contribution >= 0.6 is 0 Å². The molecule has 17 nitrogen and oxygen atoms in total. The molecule has 3 amide bonds. The van der Waals surface area contributed by atoms with Crippen LogP contribution in [-0.4, -0.2) is 199 Å². The molecule has 1 rings (SSSR count). The summed E-state index contributed by atoms with van der Waals surface area (Å²) in [5.41, 5.74) is 0. The van der Waals surface area contributed by atoms with Crippen molar-refractivity contribution < 1.29 is 71.3 Å². The van der Waals surface area contributed by atoms with E-state index < -0.39 is 17.7 Å². The van der Waals surface area contributed by atoms with Crippen LogP contribution in [0, 0.1) is 0 Å². The average molecular weight is 709 g/mol. The quantitative estimate of drug-likeness (QED) is 0.0440. The Morgan fingerprint density at radius 2 is 0.837 bits per heavy atom. The summed E-state index contributed by atoms with van der Waals surface area (Å²) in [6.45, 7) is 9.66. The minimum Gasteiger partial charge on any atom is -0.382 e. The highest BCUT2D eigenvalue weighted by Gasteiger charge is 2.27. The minimum absolute atomic E-state index is 0.144. The normalized spacial score (nSPS) is 12.8. The van der Waals surface area contributed by atoms with Crippen molar-refractivity contribution >= 4 is 24.0 Å². The van der Waals surface area contributed by atoms with Gasteiger partial charge in [0.1, 0.15) is 12.8 Å². The smallest absolute Gasteiger partial charge is 0.254 e. The number of ether oxygens (including phenoxy) is 11. The molecule has 0 fully saturated rings. The number of carbonyl (C=O) groups excluding carboxylic acids is 4. The van der Waals surface area contributed by atoms with Crippen molar-refractivity contribution in [2.45, 2.75) is 6.42 Å². The largest absolute Gasteiger partial charge is 0.382 e. The van der Waals surface area contributed by atoms with Gasteiger partial charge in [0.05, 0.1) is 139 Å². The van der Waals surface area contributed by atoms with Gasteiger partial charge in [0.2, 0.25) is 5.91 Å². The molecule has 0 spiro atoms. The number of hydrogen-bond donors (Lipinski definition) is 0. The molecule has 0 radical (unpaired) electrons. The number of aldehydes is 1. The van der Waals surface area contributed by atoms with Gasteiger partial charge in [-0.3, -0.25) is 19.3 Å². The van der Waals surface area contributed by atoms with Gasteiger partial charge < -0.3 is 61.8 Å². The number of amides is 3. The third kappa shape index (κ3) is 27.0. The van der Waals surface area contributed by atoms with E-state index >= 15 is 0 Å². The Balaban J connectivity index is 1.77. The van der Waals surface area contributed by atoms with Gasteiger partial charge in [-0.2, -0.15) is 0 Å². The molecule has 0 atom stereocenters. The molecule has 1 heterocycles. The zero-order valence-electron chi connectivity index (χ0n) is 28.9. The second-order valence-electron chi connectivity index (χ2n) is 10.0. The van der Waals surface area contributed by atoms with Crippen molar-refractivity contribution in [2.24, 2.45) is 0 Å². The highest BCUT2D eigenvalue weighted by molar-refractivity contribution is 6.14. The van der Waals surface area contributed by atoms with Crippen LogP contribution in [0.15, 0.2) is 12.2 Å². The van der Waals surface area contributed by atoms with Gasteiger partial charge in [0.25, 0.3) is 11.8 Å². The van der Waals surface area contributed by atoms with E-state index in [1.54, 1.807) is 7.11 Å². The first-order valence-corrected chi connectivity index (χ1v) is 16.6. The third-order valence-corrected chi connectivity index (χ3v) is 6.35. The molecule has 284 valence electrons. The predicted molar refractivity (Wildman–Crippen MR) is 173 cm³/mol. The predicted octanol–water partition coefficient (Wildman–Crippen LogP) is -0.859. The van der Waals surface area contributed by atoms with Crippen molar-refractivity contribution in [2.75, 3.05) is 165 Å². The fraction of sp³-hybridized carbons (Fsp3) is 0.812. The molecule has 0 N–H and O–H groups in total. The fourth-order valence-electron chi connectivity index (χ4n) is 3.79. The summed E-state index contributed by atoms with van der Waals surface area (Å²) in [6, 6.07) is 0. The van der Waals surface area contributed by atoms with Gasteiger partial charge in [-0.25, -0.2) is 0 Å². The summed E-state index contributed by atoms with van der Waals surface area (Å²) in [7, 11) is 1.64. The molecule has 0 aromatic heterocycles. The summed E-state index contributed by atoms with van der Waals surface area (Å²) >= 11 is 0. The Morgan fingerprint density at radius 1 is 0.531 bits per heavy atom. The highest BCUT2D eigenvalue weighted by Crippen LogP contribution is 2.05. The van der Waals surface area contributed by atoms with E-state index in [0.29, 0.717) is 138 Å². The monoisotopic (exact) mass is 708 g/mol. The van der Waals surface area contributed by atoms with Gasteiger partial charge in [-0.1, -0.05) is 0 Å². The van der Waals surface area contributed by atoms with Gasteiger partial charge in [-0.15, -0.1) is 0 Å². The summed E-state index contributed by atoms with van der Waals surface area (Å²) < 4.78 is 59.2. The van der Waals surface area contributed by atoms with E-state index in [1.165, 1.54) is 4.90 Å². The van der Waals surface area contributed by atoms with Crippen molar-refractivity contribution in [3.05, 3.63) is 12.2 Å². The zero-order chi connectivity index (χ0) is 35.5. The van der Waals surface area contributed by atoms with E-state index in [1.807, 2.05) is 0 Å². The molecule has 17 heteroatoms. The first-order valence-electron chi connectivity index (χ1n) is 16.6. The minimum atomic E-state index is -0.533. The zero-order valence-corrected chi connectivity index (χ0v) is 28.9. The first kappa shape index (κ1) is 44.6. The van der Waals surface area contributed by atoms with Gasteiger partial charge in [-0.05, 0) is 0 Å². The number of carbonyl (C=O) groups is 4. The molecule has 1 aliphatic heterocycles. The lowest BCUT2D eigenvalue weighted by Crippen LogP contribution is -2.44. The number of rotatable bonds is 38. The molecule has 0 unspecified atom stereocenters. The van der Waals surface area contributed by atoms with Gasteiger partial charge in [0.15, 0.2) is 0 Å². The maximum Gasteiger partial charge on any atom is 0.254 e. The summed E-state index contributed by atoms with van der Waals surface area (Å²) in [6.07, 6.45) is 3.08. The fourth-order valence-corrected chi connectivity index (χ4v) is 3.79. The number of methoxy groups -OCH3 is 1. The van der Waals surface area contributed by atoms with Gasteiger partial charge in [0, 0.05) is 38.8 Å². The van der Waals surface area contributed by atoms with Crippen LogP contribution in [0.1, 0.15) is 6.42 Å². The molecule has 1 aliphatic rings. The van der Waals surface area contributed by atoms with Crippen LogP contribution in [0.3, 0.4) is 0 Å². The van der Waals surface area contributed by atoms with Crippen molar-refractivity contribution in [1.82, 2.24) is 9.80 Å². The lowest BCUT2D eigenvalue weighted by atomic mass is 10.3. The lowest BCUT2D eigenvalue weighted by Gasteiger charge is -2.24. The SMILES string of the molecule is COCCOCCOCCOCCOCCOCCOCCOCCOCCOCCOCCN(CCC=O)C(=O)CN1C(=O)C=CC1=O. The Hall–Kier alpha value is -2.42. The van der Waals surface area contributed by atoms with E-state index in [2.05, 4.69) is 0 Å². The Labute approximate surface area is 289 Å². The van der Waals surface area contributed by atoms with Crippen LogP contribution < -0.4 is 0 Å². The van der Waals surface area contributed by atoms with Crippen molar-refractivity contribution in [3.63, 3.8) is 0 Å². The van der Waals surface area contributed by atoms with Crippen LogP contribution in [0.4, 0.5) is 0 Å². The summed E-state index contributed by atoms with van der Waals surface area (Å²) in [5, 5.41) is 0. The Morgan fingerprint density at radius 3 is 1.14 bits per heavy atom. The topological polar surface area (TPSA) is 176 Å². The van der Waals surface area contributed by atoms with Crippen LogP contribution in [0.5, 0.6) is 0 Å². The molecule has 0 saturated carbocycles. The second-order valence-corrected chi connectivity index (χ2v) is 10.0. The summed E-state index contributed by atoms with van der Waals surface area (Å²) in [4.78, 5) is 48.9. The molecule has 49 heavy (non-hydrogen) atoms. The molecule has 0 bridgehead atoms. The standard InChI is InChI=1S/C32H56N2O15/c1-39-9-10-41-13-14-43-17-18-45-21-22-47-25-26-49-28-27-48-24-23-46-20-19-44-16-15-42-12-11-40-8-6-33(5-2-7-35)32(38)29-34-30(36)3-4-31(34)37/h3-4,7H,2,5-6,8-29H2,1H3. The van der Waals surface area contributed by atoms with Gasteiger partial charge >= 0.3 is 0 Å². The molecular formula is C32H56N2O15. The maximum atomic E-state index is 12.5. The van der Waals surface area contributed by atoms with Crippen LogP contribution in [0.2, 0.25) is 0 Å². The van der Waals surface area contributed by atoms with Crippen LogP contribution in [0.25, 0.3) is 0 Å². The maximum absolute atomic E-state index is 12.5. The summed E-state index contributed by atoms with van der Waals surface area (Å²) in [5.74, 6) is -1.50. The first-order chi connectivity index (χ1) is 24.1. The average Bonchev–Trinajstić information content (AvgIpc) is 3.42. The lowest BCUT2D eigenvalue weighted by molar-refractivity contribution is -0.144. The Kier molecular flexibility index (Phi) is 31.0. The van der Waals surface area contributed by atoms with E-state index in [-0.39, 0.29) is 32.7 Å². The highest BCUT2D eigenvalue weighted by atomic mass is 16.6. The Bertz CT molecular complexity index is 846. The van der Waals surface area contributed by atoms with Crippen molar-refractivity contribution in [3.8, 4) is 0 Å².